The Balaban J connectivity index is 1.34. The fraction of sp³-hybridized carbons (Fsp3) is 0.286. The van der Waals surface area contributed by atoms with Crippen molar-refractivity contribution in [1.82, 2.24) is 34.9 Å². The van der Waals surface area contributed by atoms with Crippen molar-refractivity contribution in [2.75, 3.05) is 64.1 Å². The van der Waals surface area contributed by atoms with E-state index in [9.17, 15) is 4.79 Å². The second kappa shape index (κ2) is 9.88. The molecule has 1 fully saturated rings. The first-order valence-corrected chi connectivity index (χ1v) is 12.7. The molecular weight excluding hydrogens is 478 g/mol. The number of hydrogen-bond donors (Lipinski definition) is 3. The fourth-order valence-electron chi connectivity index (χ4n) is 4.99. The second-order valence-electron chi connectivity index (χ2n) is 10.1. The molecule has 0 saturated carbocycles. The first kappa shape index (κ1) is 24.1. The summed E-state index contributed by atoms with van der Waals surface area (Å²) in [5, 5.41) is 12.9. The Morgan fingerprint density at radius 1 is 1.00 bits per heavy atom. The second-order valence-corrected chi connectivity index (χ2v) is 10.1. The summed E-state index contributed by atoms with van der Waals surface area (Å²) in [4.78, 5) is 31.4. The zero-order valence-corrected chi connectivity index (χ0v) is 21.8. The number of aromatic nitrogens is 5. The quantitative estimate of drug-likeness (QED) is 0.322. The maximum atomic E-state index is 12.2. The average molecular weight is 510 g/mol. The molecule has 1 saturated heterocycles. The van der Waals surface area contributed by atoms with E-state index in [1.165, 1.54) is 0 Å². The standard InChI is InChI=1S/C28H31N9O/c1-35(2)17-26(38)31-20-12-19(15-29-16-20)18-4-5-24-21(13-18)27(34-33-24)25-14-22-23(32-25)6-7-30-28(22)37-10-8-36(3)9-11-37/h4-7,12-16,32H,8-11,17H2,1-3H3,(H,31,38)(H,33,34). The van der Waals surface area contributed by atoms with E-state index in [0.29, 0.717) is 12.2 Å². The summed E-state index contributed by atoms with van der Waals surface area (Å²) in [5.41, 5.74) is 6.36. The predicted molar refractivity (Wildman–Crippen MR) is 151 cm³/mol. The molecule has 0 atom stereocenters. The molecule has 5 heterocycles. The van der Waals surface area contributed by atoms with E-state index in [4.69, 9.17) is 4.98 Å². The smallest absolute Gasteiger partial charge is 0.238 e. The van der Waals surface area contributed by atoms with Crippen LogP contribution in [0.3, 0.4) is 0 Å². The zero-order chi connectivity index (χ0) is 26.2. The van der Waals surface area contributed by atoms with Gasteiger partial charge in [0, 0.05) is 54.9 Å². The highest BCUT2D eigenvalue weighted by molar-refractivity contribution is 6.00. The molecule has 38 heavy (non-hydrogen) atoms. The number of nitrogens with zero attached hydrogens (tertiary/aromatic N) is 6. The summed E-state index contributed by atoms with van der Waals surface area (Å²) >= 11 is 0. The van der Waals surface area contributed by atoms with Gasteiger partial charge in [-0.05, 0) is 57.0 Å². The highest BCUT2D eigenvalue weighted by Crippen LogP contribution is 2.34. The van der Waals surface area contributed by atoms with E-state index in [1.54, 1.807) is 12.4 Å². The Kier molecular flexibility index (Phi) is 6.26. The maximum Gasteiger partial charge on any atom is 0.238 e. The van der Waals surface area contributed by atoms with Crippen LogP contribution in [-0.2, 0) is 4.79 Å². The summed E-state index contributed by atoms with van der Waals surface area (Å²) < 4.78 is 0. The van der Waals surface area contributed by atoms with E-state index in [0.717, 1.165) is 76.3 Å². The lowest BCUT2D eigenvalue weighted by molar-refractivity contribution is -0.116. The maximum absolute atomic E-state index is 12.2. The van der Waals surface area contributed by atoms with Crippen molar-refractivity contribution < 1.29 is 4.79 Å². The van der Waals surface area contributed by atoms with Gasteiger partial charge in [0.1, 0.15) is 11.5 Å². The molecule has 194 valence electrons. The van der Waals surface area contributed by atoms with E-state index in [1.807, 2.05) is 49.5 Å². The van der Waals surface area contributed by atoms with Gasteiger partial charge in [0.25, 0.3) is 0 Å². The van der Waals surface area contributed by atoms with Gasteiger partial charge in [-0.15, -0.1) is 0 Å². The third-order valence-corrected chi connectivity index (χ3v) is 6.96. The predicted octanol–water partition coefficient (Wildman–Crippen LogP) is 3.42. The monoisotopic (exact) mass is 509 g/mol. The molecule has 0 unspecified atom stereocenters. The molecule has 0 spiro atoms. The van der Waals surface area contributed by atoms with E-state index >= 15 is 0 Å². The molecule has 0 radical (unpaired) electrons. The highest BCUT2D eigenvalue weighted by atomic mass is 16.2. The third kappa shape index (κ3) is 4.71. The third-order valence-electron chi connectivity index (χ3n) is 6.96. The van der Waals surface area contributed by atoms with Gasteiger partial charge in [-0.25, -0.2) is 4.98 Å². The highest BCUT2D eigenvalue weighted by Gasteiger charge is 2.20. The number of hydrogen-bond acceptors (Lipinski definition) is 7. The van der Waals surface area contributed by atoms with E-state index in [2.05, 4.69) is 54.5 Å². The van der Waals surface area contributed by atoms with Gasteiger partial charge in [0.05, 0.1) is 35.2 Å². The normalized spacial score (nSPS) is 14.6. The van der Waals surface area contributed by atoms with Gasteiger partial charge in [-0.2, -0.15) is 5.10 Å². The number of amides is 1. The van der Waals surface area contributed by atoms with Crippen molar-refractivity contribution in [2.45, 2.75) is 0 Å². The summed E-state index contributed by atoms with van der Waals surface area (Å²) in [6.07, 6.45) is 5.34. The number of piperazine rings is 1. The van der Waals surface area contributed by atoms with E-state index in [-0.39, 0.29) is 5.91 Å². The van der Waals surface area contributed by atoms with Crippen molar-refractivity contribution >= 4 is 39.2 Å². The van der Waals surface area contributed by atoms with Gasteiger partial charge < -0.3 is 25.0 Å². The van der Waals surface area contributed by atoms with Crippen molar-refractivity contribution in [3.63, 3.8) is 0 Å². The molecule has 6 rings (SSSR count). The molecule has 1 aromatic carbocycles. The number of pyridine rings is 2. The first-order chi connectivity index (χ1) is 18.4. The fourth-order valence-corrected chi connectivity index (χ4v) is 4.99. The molecule has 10 nitrogen and oxygen atoms in total. The van der Waals surface area contributed by atoms with Gasteiger partial charge in [0.2, 0.25) is 5.91 Å². The molecule has 1 aliphatic rings. The molecular formula is C28H31N9O. The summed E-state index contributed by atoms with van der Waals surface area (Å²) in [7, 11) is 5.88. The molecule has 1 aliphatic heterocycles. The minimum Gasteiger partial charge on any atom is -0.353 e. The Hall–Kier alpha value is -4.28. The molecule has 5 aromatic rings. The largest absolute Gasteiger partial charge is 0.353 e. The van der Waals surface area contributed by atoms with Crippen LogP contribution in [0.25, 0.3) is 44.3 Å². The summed E-state index contributed by atoms with van der Waals surface area (Å²) in [5.74, 6) is 0.934. The van der Waals surface area contributed by atoms with Crippen molar-refractivity contribution in [3.8, 4) is 22.5 Å². The molecule has 10 heteroatoms. The van der Waals surface area contributed by atoms with Crippen LogP contribution >= 0.6 is 0 Å². The minimum atomic E-state index is -0.0780. The van der Waals surface area contributed by atoms with Crippen LogP contribution < -0.4 is 10.2 Å². The van der Waals surface area contributed by atoms with Crippen LogP contribution in [0, 0.1) is 0 Å². The SMILES string of the molecule is CN(C)CC(=O)Nc1cncc(-c2ccc3[nH]nc(-c4cc5c(N6CCN(C)CC6)nccc5[nH]4)c3c2)c1. The Morgan fingerprint density at radius 2 is 1.84 bits per heavy atom. The number of rotatable bonds is 6. The number of benzene rings is 1. The van der Waals surface area contributed by atoms with Gasteiger partial charge in [-0.1, -0.05) is 6.07 Å². The topological polar surface area (TPSA) is 109 Å². The van der Waals surface area contributed by atoms with Gasteiger partial charge in [-0.3, -0.25) is 14.9 Å². The number of nitrogens with one attached hydrogen (secondary N) is 3. The minimum absolute atomic E-state index is 0.0780. The van der Waals surface area contributed by atoms with E-state index < -0.39 is 0 Å². The van der Waals surface area contributed by atoms with Crippen molar-refractivity contribution in [1.29, 1.82) is 0 Å². The molecule has 3 N–H and O–H groups in total. The van der Waals surface area contributed by atoms with Crippen LogP contribution in [0.2, 0.25) is 0 Å². The number of fused-ring (bicyclic) bond motifs is 2. The first-order valence-electron chi connectivity index (χ1n) is 12.7. The number of H-pyrrole nitrogens is 2. The van der Waals surface area contributed by atoms with Crippen molar-refractivity contribution in [2.24, 2.45) is 0 Å². The molecule has 0 bridgehead atoms. The van der Waals surface area contributed by atoms with Crippen LogP contribution in [0.4, 0.5) is 11.5 Å². The van der Waals surface area contributed by atoms with Gasteiger partial charge in [0.15, 0.2) is 0 Å². The number of carbonyl (C=O) groups is 1. The van der Waals surface area contributed by atoms with Crippen LogP contribution in [0.5, 0.6) is 0 Å². The van der Waals surface area contributed by atoms with Crippen LogP contribution in [0.1, 0.15) is 0 Å². The van der Waals surface area contributed by atoms with Crippen LogP contribution in [-0.4, -0.2) is 94.7 Å². The zero-order valence-electron chi connectivity index (χ0n) is 21.8. The average Bonchev–Trinajstić information content (AvgIpc) is 3.52. The Labute approximate surface area is 220 Å². The van der Waals surface area contributed by atoms with Gasteiger partial charge >= 0.3 is 0 Å². The molecule has 1 amide bonds. The number of likely N-dealkylation sites (N-methyl/N-ethyl adjacent to an activating group) is 2. The molecule has 0 aliphatic carbocycles. The molecule has 4 aromatic heterocycles. The Bertz CT molecular complexity index is 1610. The number of carbonyl (C=O) groups excluding carboxylic acids is 1. The number of anilines is 2. The Morgan fingerprint density at radius 3 is 2.66 bits per heavy atom. The summed E-state index contributed by atoms with van der Waals surface area (Å²) in [6, 6.07) is 12.3. The van der Waals surface area contributed by atoms with Crippen LogP contribution in [0.15, 0.2) is 55.0 Å². The lowest BCUT2D eigenvalue weighted by atomic mass is 10.0. The van der Waals surface area contributed by atoms with Crippen molar-refractivity contribution in [3.05, 3.63) is 55.0 Å². The summed E-state index contributed by atoms with van der Waals surface area (Å²) in [6.45, 7) is 4.28. The lowest BCUT2D eigenvalue weighted by Gasteiger charge is -2.33. The lowest BCUT2D eigenvalue weighted by Crippen LogP contribution is -2.44. The number of aromatic amines is 2.